The molecule has 0 aliphatic rings. The largest absolute Gasteiger partial charge is 0.472 e. The number of hydrogen-bond acceptors (Lipinski definition) is 7. The highest BCUT2D eigenvalue weighted by Gasteiger charge is 2.27. The maximum Gasteiger partial charge on any atom is 0.472 e. The van der Waals surface area contributed by atoms with E-state index in [2.05, 4.69) is 74.6 Å². The third-order valence-corrected chi connectivity index (χ3v) is 11.0. The van der Waals surface area contributed by atoms with Crippen molar-refractivity contribution in [3.63, 3.8) is 0 Å². The number of phosphoric ester groups is 1. The molecule has 10 heteroatoms. The van der Waals surface area contributed by atoms with E-state index in [0.717, 1.165) is 51.4 Å². The predicted molar refractivity (Wildman–Crippen MR) is 252 cm³/mol. The number of likely N-dealkylation sites (N-methyl/N-ethyl adjacent to an activating group) is 1. The second-order valence-corrected chi connectivity index (χ2v) is 18.6. The maximum absolute atomic E-state index is 12.7. The van der Waals surface area contributed by atoms with E-state index in [1.54, 1.807) is 0 Å². The molecule has 0 aromatic carbocycles. The van der Waals surface area contributed by atoms with E-state index >= 15 is 0 Å². The maximum atomic E-state index is 12.7. The number of ether oxygens (including phenoxy) is 2. The van der Waals surface area contributed by atoms with Gasteiger partial charge in [-0.2, -0.15) is 0 Å². The Morgan fingerprint density at radius 2 is 0.917 bits per heavy atom. The van der Waals surface area contributed by atoms with Crippen molar-refractivity contribution in [3.8, 4) is 0 Å². The van der Waals surface area contributed by atoms with Crippen molar-refractivity contribution in [2.75, 3.05) is 47.5 Å². The molecule has 0 radical (unpaired) electrons. The Balaban J connectivity index is 4.42. The van der Waals surface area contributed by atoms with Crippen LogP contribution in [-0.2, 0) is 32.7 Å². The van der Waals surface area contributed by atoms with Gasteiger partial charge in [-0.05, 0) is 77.0 Å². The molecule has 1 unspecified atom stereocenters. The van der Waals surface area contributed by atoms with Gasteiger partial charge < -0.3 is 18.9 Å². The molecule has 0 amide bonds. The lowest BCUT2D eigenvalue weighted by Gasteiger charge is -2.24. The standard InChI is InChI=1S/C50H90NO8P/c1-6-8-10-12-14-16-18-20-22-23-24-25-26-27-29-31-33-35-37-39-41-43-50(53)59-48(47-58-60(54,55)57-45-44-51(3,4)5)46-56-49(52)42-40-38-36-34-32-30-28-21-19-17-15-13-11-9-7-2/h17,19,22-23,25-26,29,31,35,37,48H,6-16,18,20-21,24,27-28,30,32-34,36,38-47H2,1-5H3/p+1/b19-17+,23-22+,26-25+,31-29+,37-35+/t48-/m1/s1. The van der Waals surface area contributed by atoms with E-state index in [1.807, 2.05) is 21.1 Å². The smallest absolute Gasteiger partial charge is 0.462 e. The van der Waals surface area contributed by atoms with Crippen LogP contribution in [-0.4, -0.2) is 74.9 Å². The molecule has 0 saturated carbocycles. The number of carbonyl (C=O) groups is 2. The molecule has 60 heavy (non-hydrogen) atoms. The third-order valence-electron chi connectivity index (χ3n) is 10.0. The SMILES string of the molecule is CCCCCC/C=C/CCCCCCCCCC(=O)OC[C@H](COP(=O)(O)OCC[N+](C)(C)C)OC(=O)CCC/C=C/C/C=C/C/C=C/C/C=C/CCCCCCCCC. The lowest BCUT2D eigenvalue weighted by molar-refractivity contribution is -0.870. The summed E-state index contributed by atoms with van der Waals surface area (Å²) in [6.07, 6.45) is 51.4. The Kier molecular flexibility index (Phi) is 40.4. The van der Waals surface area contributed by atoms with Gasteiger partial charge in [0.15, 0.2) is 6.10 Å². The zero-order chi connectivity index (χ0) is 44.3. The summed E-state index contributed by atoms with van der Waals surface area (Å²) >= 11 is 0. The van der Waals surface area contributed by atoms with Gasteiger partial charge in [0, 0.05) is 12.8 Å². The van der Waals surface area contributed by atoms with Crippen LogP contribution in [0.2, 0.25) is 0 Å². The summed E-state index contributed by atoms with van der Waals surface area (Å²) in [4.78, 5) is 35.4. The van der Waals surface area contributed by atoms with E-state index in [1.165, 1.54) is 103 Å². The van der Waals surface area contributed by atoms with E-state index in [4.69, 9.17) is 18.5 Å². The van der Waals surface area contributed by atoms with Crippen LogP contribution in [0.5, 0.6) is 0 Å². The fraction of sp³-hybridized carbons (Fsp3) is 0.760. The average Bonchev–Trinajstić information content (AvgIpc) is 3.20. The molecule has 1 N–H and O–H groups in total. The summed E-state index contributed by atoms with van der Waals surface area (Å²) in [5, 5.41) is 0. The molecule has 0 aliphatic heterocycles. The fourth-order valence-electron chi connectivity index (χ4n) is 6.24. The Morgan fingerprint density at radius 3 is 1.42 bits per heavy atom. The number of hydrogen-bond donors (Lipinski definition) is 1. The number of phosphoric acid groups is 1. The average molecular weight is 865 g/mol. The van der Waals surface area contributed by atoms with Gasteiger partial charge in [0.2, 0.25) is 0 Å². The molecule has 348 valence electrons. The van der Waals surface area contributed by atoms with E-state index in [0.29, 0.717) is 23.9 Å². The molecular weight excluding hydrogens is 774 g/mol. The molecule has 0 aliphatic carbocycles. The van der Waals surface area contributed by atoms with Crippen LogP contribution in [0.3, 0.4) is 0 Å². The van der Waals surface area contributed by atoms with Gasteiger partial charge in [-0.3, -0.25) is 18.6 Å². The molecule has 0 spiro atoms. The minimum absolute atomic E-state index is 0.0188. The lowest BCUT2D eigenvalue weighted by atomic mass is 10.1. The van der Waals surface area contributed by atoms with Crippen molar-refractivity contribution in [2.24, 2.45) is 0 Å². The van der Waals surface area contributed by atoms with E-state index < -0.39 is 26.5 Å². The molecule has 0 fully saturated rings. The van der Waals surface area contributed by atoms with Gasteiger partial charge in [-0.1, -0.05) is 164 Å². The first-order valence-corrected chi connectivity index (χ1v) is 25.5. The summed E-state index contributed by atoms with van der Waals surface area (Å²) in [5.41, 5.74) is 0. The number of esters is 2. The third kappa shape index (κ3) is 45.2. The van der Waals surface area contributed by atoms with Crippen LogP contribution in [0.1, 0.15) is 194 Å². The zero-order valence-corrected chi connectivity index (χ0v) is 40.1. The highest BCUT2D eigenvalue weighted by Crippen LogP contribution is 2.43. The Morgan fingerprint density at radius 1 is 0.517 bits per heavy atom. The van der Waals surface area contributed by atoms with Gasteiger partial charge in [0.05, 0.1) is 27.7 Å². The first kappa shape index (κ1) is 57.7. The van der Waals surface area contributed by atoms with Crippen LogP contribution in [0.15, 0.2) is 60.8 Å². The quantitative estimate of drug-likeness (QED) is 0.0212. The van der Waals surface area contributed by atoms with Gasteiger partial charge in [0.1, 0.15) is 19.8 Å². The van der Waals surface area contributed by atoms with E-state index in [9.17, 15) is 19.0 Å². The van der Waals surface area contributed by atoms with Crippen LogP contribution in [0.25, 0.3) is 0 Å². The summed E-state index contributed by atoms with van der Waals surface area (Å²) in [7, 11) is 1.43. The van der Waals surface area contributed by atoms with Crippen LogP contribution >= 0.6 is 7.82 Å². The van der Waals surface area contributed by atoms with Gasteiger partial charge in [-0.15, -0.1) is 0 Å². The minimum atomic E-state index is -4.39. The highest BCUT2D eigenvalue weighted by atomic mass is 31.2. The van der Waals surface area contributed by atoms with Crippen molar-refractivity contribution in [1.29, 1.82) is 0 Å². The number of nitrogens with zero attached hydrogens (tertiary/aromatic N) is 1. The first-order valence-electron chi connectivity index (χ1n) is 24.0. The van der Waals surface area contributed by atoms with Crippen molar-refractivity contribution < 1.29 is 42.1 Å². The molecule has 0 aromatic heterocycles. The van der Waals surface area contributed by atoms with Crippen LogP contribution in [0, 0.1) is 0 Å². The Bertz CT molecular complexity index is 1210. The van der Waals surface area contributed by atoms with Crippen molar-refractivity contribution in [3.05, 3.63) is 60.8 Å². The molecule has 0 bridgehead atoms. The number of quaternary nitrogens is 1. The van der Waals surface area contributed by atoms with Crippen molar-refractivity contribution >= 4 is 19.8 Å². The van der Waals surface area contributed by atoms with Gasteiger partial charge in [-0.25, -0.2) is 4.57 Å². The highest BCUT2D eigenvalue weighted by molar-refractivity contribution is 7.47. The Labute approximate surface area is 368 Å². The summed E-state index contributed by atoms with van der Waals surface area (Å²) in [6, 6.07) is 0. The number of allylic oxidation sites excluding steroid dienone is 10. The fourth-order valence-corrected chi connectivity index (χ4v) is 6.98. The topological polar surface area (TPSA) is 108 Å². The van der Waals surface area contributed by atoms with E-state index in [-0.39, 0.29) is 32.0 Å². The normalized spacial score (nSPS) is 14.0. The van der Waals surface area contributed by atoms with Crippen LogP contribution in [0.4, 0.5) is 0 Å². The summed E-state index contributed by atoms with van der Waals surface area (Å²) in [6.45, 7) is 4.34. The van der Waals surface area contributed by atoms with Crippen molar-refractivity contribution in [1.82, 2.24) is 0 Å². The molecule has 0 heterocycles. The molecule has 0 aromatic rings. The minimum Gasteiger partial charge on any atom is -0.462 e. The second kappa shape index (κ2) is 42.0. The first-order chi connectivity index (χ1) is 29.0. The number of rotatable bonds is 43. The van der Waals surface area contributed by atoms with Gasteiger partial charge >= 0.3 is 19.8 Å². The molecule has 0 rings (SSSR count). The summed E-state index contributed by atoms with van der Waals surface area (Å²) < 4.78 is 34.3. The zero-order valence-electron chi connectivity index (χ0n) is 39.2. The lowest BCUT2D eigenvalue weighted by Crippen LogP contribution is -2.37. The second-order valence-electron chi connectivity index (χ2n) is 17.1. The molecule has 9 nitrogen and oxygen atoms in total. The summed E-state index contributed by atoms with van der Waals surface area (Å²) in [5.74, 6) is -0.870. The molecule has 2 atom stereocenters. The number of unbranched alkanes of at least 4 members (excludes halogenated alkanes) is 19. The molecular formula is C50H91NO8P+. The predicted octanol–water partition coefficient (Wildman–Crippen LogP) is 14.0. The van der Waals surface area contributed by atoms with Crippen LogP contribution < -0.4 is 0 Å². The van der Waals surface area contributed by atoms with Gasteiger partial charge in [0.25, 0.3) is 0 Å². The number of carbonyl (C=O) groups excluding carboxylic acids is 2. The monoisotopic (exact) mass is 865 g/mol. The molecule has 0 saturated heterocycles. The Hall–Kier alpha value is -2.29. The van der Waals surface area contributed by atoms with Crippen molar-refractivity contribution in [2.45, 2.75) is 200 Å².